The van der Waals surface area contributed by atoms with Crippen LogP contribution in [0.5, 0.6) is 0 Å². The summed E-state index contributed by atoms with van der Waals surface area (Å²) in [5.74, 6) is 0. The lowest BCUT2D eigenvalue weighted by Crippen LogP contribution is -2.32. The van der Waals surface area contributed by atoms with E-state index >= 15 is 0 Å². The van der Waals surface area contributed by atoms with E-state index in [-0.39, 0.29) is 0 Å². The molecule has 25 heavy (non-hydrogen) atoms. The molecule has 0 saturated heterocycles. The molecule has 0 atom stereocenters. The summed E-state index contributed by atoms with van der Waals surface area (Å²) in [5, 5.41) is 0. The molecule has 2 nitrogen and oxygen atoms in total. The van der Waals surface area contributed by atoms with Gasteiger partial charge in [-0.2, -0.15) is 4.57 Å². The number of benzene rings is 1. The molecule has 0 amide bonds. The van der Waals surface area contributed by atoms with E-state index < -0.39 is 0 Å². The molecule has 0 radical (unpaired) electrons. The summed E-state index contributed by atoms with van der Waals surface area (Å²) >= 11 is 0. The van der Waals surface area contributed by atoms with Crippen molar-refractivity contribution in [3.8, 4) is 17.1 Å². The number of pyridine rings is 1. The quantitative estimate of drug-likeness (QED) is 0.575. The third kappa shape index (κ3) is 2.90. The molecule has 0 fully saturated rings. The van der Waals surface area contributed by atoms with Crippen molar-refractivity contribution in [2.75, 3.05) is 0 Å². The Hall–Kier alpha value is -2.35. The van der Waals surface area contributed by atoms with Crippen LogP contribution < -0.4 is 4.57 Å². The van der Waals surface area contributed by atoms with Gasteiger partial charge in [-0.25, -0.2) is 0 Å². The average Bonchev–Trinajstić information content (AvgIpc) is 2.77. The first kappa shape index (κ1) is 17.5. The third-order valence-electron chi connectivity index (χ3n) is 5.22. The van der Waals surface area contributed by atoms with E-state index in [1.165, 1.54) is 56.1 Å². The Morgan fingerprint density at radius 1 is 0.680 bits per heavy atom. The third-order valence-corrected chi connectivity index (χ3v) is 5.22. The molecular weight excluding hydrogens is 304 g/mol. The SMILES string of the molecule is Cc1cc(C)c(-n2c(C)cc(C)c2-c2cc(C)c(C)c[n+]2C)c(C)c1. The van der Waals surface area contributed by atoms with Gasteiger partial charge in [-0.3, -0.25) is 0 Å². The summed E-state index contributed by atoms with van der Waals surface area (Å²) in [6.07, 6.45) is 2.23. The van der Waals surface area contributed by atoms with E-state index in [0.717, 1.165) is 0 Å². The molecule has 0 spiro atoms. The summed E-state index contributed by atoms with van der Waals surface area (Å²) in [6.45, 7) is 15.4. The molecule has 2 heteroatoms. The van der Waals surface area contributed by atoms with Crippen molar-refractivity contribution in [2.24, 2.45) is 7.05 Å². The van der Waals surface area contributed by atoms with E-state index in [1.807, 2.05) is 0 Å². The van der Waals surface area contributed by atoms with E-state index in [2.05, 4.69) is 95.1 Å². The maximum absolute atomic E-state index is 2.43. The van der Waals surface area contributed by atoms with Gasteiger partial charge in [-0.05, 0) is 76.8 Å². The molecule has 0 N–H and O–H groups in total. The zero-order valence-electron chi connectivity index (χ0n) is 16.8. The molecule has 0 aliphatic heterocycles. The Balaban J connectivity index is 2.38. The van der Waals surface area contributed by atoms with Crippen LogP contribution in [-0.4, -0.2) is 4.57 Å². The van der Waals surface area contributed by atoms with Gasteiger partial charge in [0.25, 0.3) is 0 Å². The normalized spacial score (nSPS) is 11.2. The maximum Gasteiger partial charge on any atom is 0.229 e. The average molecular weight is 333 g/mol. The molecule has 0 aliphatic carbocycles. The van der Waals surface area contributed by atoms with Crippen LogP contribution in [0.3, 0.4) is 0 Å². The van der Waals surface area contributed by atoms with Crippen LogP contribution >= 0.6 is 0 Å². The second kappa shape index (κ2) is 6.18. The summed E-state index contributed by atoms with van der Waals surface area (Å²) in [5.41, 5.74) is 13.1. The molecule has 0 saturated carbocycles. The van der Waals surface area contributed by atoms with Gasteiger partial charge in [-0.15, -0.1) is 0 Å². The Morgan fingerprint density at radius 2 is 1.28 bits per heavy atom. The standard InChI is InChI=1S/C23H29N2/c1-14-9-16(3)22(17(4)10-14)25-20(7)11-18(5)23(25)21-12-15(2)19(6)13-24(21)8/h9-13H,1-8H3/q+1. The first-order chi connectivity index (χ1) is 11.7. The first-order valence-corrected chi connectivity index (χ1v) is 8.95. The van der Waals surface area contributed by atoms with E-state index in [0.29, 0.717) is 0 Å². The van der Waals surface area contributed by atoms with Crippen LogP contribution in [0.1, 0.15) is 39.1 Å². The number of nitrogens with zero attached hydrogens (tertiary/aromatic N) is 2. The van der Waals surface area contributed by atoms with Gasteiger partial charge in [0.15, 0.2) is 6.20 Å². The van der Waals surface area contributed by atoms with Crippen LogP contribution in [0.25, 0.3) is 17.1 Å². The second-order valence-electron chi connectivity index (χ2n) is 7.54. The van der Waals surface area contributed by atoms with Crippen LogP contribution in [0.2, 0.25) is 0 Å². The number of hydrogen-bond acceptors (Lipinski definition) is 0. The number of aryl methyl sites for hydroxylation is 8. The molecule has 130 valence electrons. The van der Waals surface area contributed by atoms with Gasteiger partial charge >= 0.3 is 0 Å². The minimum absolute atomic E-state index is 1.26. The van der Waals surface area contributed by atoms with E-state index in [4.69, 9.17) is 0 Å². The largest absolute Gasteiger partial charge is 0.308 e. The first-order valence-electron chi connectivity index (χ1n) is 8.95. The number of rotatable bonds is 2. The summed E-state index contributed by atoms with van der Waals surface area (Å²) in [4.78, 5) is 0. The van der Waals surface area contributed by atoms with Crippen molar-refractivity contribution in [1.82, 2.24) is 4.57 Å². The predicted molar refractivity (Wildman–Crippen MR) is 106 cm³/mol. The topological polar surface area (TPSA) is 8.81 Å². The smallest absolute Gasteiger partial charge is 0.229 e. The molecule has 1 aromatic carbocycles. The monoisotopic (exact) mass is 333 g/mol. The van der Waals surface area contributed by atoms with Crippen LogP contribution in [0.4, 0.5) is 0 Å². The highest BCUT2D eigenvalue weighted by molar-refractivity contribution is 5.66. The summed E-state index contributed by atoms with van der Waals surface area (Å²) in [7, 11) is 2.14. The lowest BCUT2D eigenvalue weighted by molar-refractivity contribution is -0.661. The van der Waals surface area contributed by atoms with Crippen molar-refractivity contribution in [1.29, 1.82) is 0 Å². The zero-order valence-corrected chi connectivity index (χ0v) is 16.8. The highest BCUT2D eigenvalue weighted by Gasteiger charge is 2.23. The Labute approximate surface area is 151 Å². The number of aromatic nitrogens is 2. The van der Waals surface area contributed by atoms with Crippen molar-refractivity contribution >= 4 is 0 Å². The second-order valence-corrected chi connectivity index (χ2v) is 7.54. The maximum atomic E-state index is 2.43. The molecule has 3 rings (SSSR count). The van der Waals surface area contributed by atoms with Gasteiger partial charge in [-0.1, -0.05) is 17.7 Å². The van der Waals surface area contributed by atoms with E-state index in [9.17, 15) is 0 Å². The lowest BCUT2D eigenvalue weighted by Gasteiger charge is -2.18. The molecule has 2 aromatic heterocycles. The fourth-order valence-corrected chi connectivity index (χ4v) is 4.05. The molecular formula is C23H29N2+. The summed E-state index contributed by atoms with van der Waals surface area (Å²) in [6, 6.07) is 9.16. The highest BCUT2D eigenvalue weighted by Crippen LogP contribution is 2.32. The zero-order chi connectivity index (χ0) is 18.5. The molecule has 0 aliphatic rings. The minimum Gasteiger partial charge on any atom is -0.308 e. The molecule has 3 aromatic rings. The fourth-order valence-electron chi connectivity index (χ4n) is 4.05. The van der Waals surface area contributed by atoms with Crippen molar-refractivity contribution < 1.29 is 4.57 Å². The Kier molecular flexibility index (Phi) is 4.32. The Bertz CT molecular complexity index is 951. The van der Waals surface area contributed by atoms with Crippen molar-refractivity contribution in [2.45, 2.75) is 48.5 Å². The fraction of sp³-hybridized carbons (Fsp3) is 0.348. The van der Waals surface area contributed by atoms with Gasteiger partial charge in [0.2, 0.25) is 5.69 Å². The molecule has 2 heterocycles. The minimum atomic E-state index is 1.26. The van der Waals surface area contributed by atoms with Gasteiger partial charge in [0, 0.05) is 17.3 Å². The van der Waals surface area contributed by atoms with Gasteiger partial charge in [0.05, 0.1) is 5.69 Å². The Morgan fingerprint density at radius 3 is 1.88 bits per heavy atom. The molecule has 0 bridgehead atoms. The van der Waals surface area contributed by atoms with Crippen molar-refractivity contribution in [3.05, 3.63) is 69.5 Å². The van der Waals surface area contributed by atoms with Gasteiger partial charge in [0.1, 0.15) is 12.7 Å². The van der Waals surface area contributed by atoms with Crippen molar-refractivity contribution in [3.63, 3.8) is 0 Å². The van der Waals surface area contributed by atoms with Crippen LogP contribution in [0, 0.1) is 48.5 Å². The number of hydrogen-bond donors (Lipinski definition) is 0. The van der Waals surface area contributed by atoms with E-state index in [1.54, 1.807) is 0 Å². The summed E-state index contributed by atoms with van der Waals surface area (Å²) < 4.78 is 4.68. The highest BCUT2D eigenvalue weighted by atomic mass is 15.0. The van der Waals surface area contributed by atoms with Crippen LogP contribution in [-0.2, 0) is 7.05 Å². The van der Waals surface area contributed by atoms with Crippen LogP contribution in [0.15, 0.2) is 30.5 Å². The predicted octanol–water partition coefficient (Wildman–Crippen LogP) is 5.13. The molecule has 0 unspecified atom stereocenters. The lowest BCUT2D eigenvalue weighted by atomic mass is 10.0. The van der Waals surface area contributed by atoms with Gasteiger partial charge < -0.3 is 4.57 Å².